The van der Waals surface area contributed by atoms with E-state index in [1.165, 1.54) is 0 Å². The molecule has 29 heavy (non-hydrogen) atoms. The minimum Gasteiger partial charge on any atom is -0.342 e. The Balaban J connectivity index is 1.27. The number of amides is 2. The number of nitrogens with zero attached hydrogens (tertiary/aromatic N) is 4. The van der Waals surface area contributed by atoms with Crippen LogP contribution in [0.4, 0.5) is 5.69 Å². The second-order valence-electron chi connectivity index (χ2n) is 7.17. The number of hydrogen-bond acceptors (Lipinski definition) is 4. The van der Waals surface area contributed by atoms with Crippen LogP contribution in [0.2, 0.25) is 0 Å². The molecular weight excluding hydrogens is 366 g/mol. The molecule has 1 aliphatic heterocycles. The number of carbonyl (C=O) groups is 2. The minimum atomic E-state index is -0.0689. The Bertz CT molecular complexity index is 947. The molecule has 1 saturated heterocycles. The molecule has 0 unspecified atom stereocenters. The second-order valence-corrected chi connectivity index (χ2v) is 7.17. The summed E-state index contributed by atoms with van der Waals surface area (Å²) >= 11 is 0. The van der Waals surface area contributed by atoms with Gasteiger partial charge in [-0.1, -0.05) is 12.1 Å². The van der Waals surface area contributed by atoms with E-state index in [1.54, 1.807) is 35.4 Å². The van der Waals surface area contributed by atoms with Gasteiger partial charge in [0.25, 0.3) is 0 Å². The molecule has 2 amide bonds. The fraction of sp³-hybridized carbons (Fsp3) is 0.273. The van der Waals surface area contributed by atoms with Crippen molar-refractivity contribution in [2.75, 3.05) is 18.4 Å². The lowest BCUT2D eigenvalue weighted by Crippen LogP contribution is -2.42. The quantitative estimate of drug-likeness (QED) is 0.728. The summed E-state index contributed by atoms with van der Waals surface area (Å²) in [6, 6.07) is 13.3. The standard InChI is InChI=1S/C22H23N5O2/c28-21(16-17-2-4-20(5-3-17)27-13-1-10-24-27)26-14-8-18(9-15-26)22(29)25-19-6-11-23-12-7-19/h1-7,10-13,18H,8-9,14-16H2,(H,23,25,29). The van der Waals surface area contributed by atoms with Crippen LogP contribution < -0.4 is 5.32 Å². The van der Waals surface area contributed by atoms with E-state index in [4.69, 9.17) is 0 Å². The van der Waals surface area contributed by atoms with Gasteiger partial charge in [0.05, 0.1) is 12.1 Å². The number of likely N-dealkylation sites (tertiary alicyclic amines) is 1. The molecule has 2 aromatic heterocycles. The number of pyridine rings is 1. The Morgan fingerprint density at radius 3 is 2.38 bits per heavy atom. The first-order valence-electron chi connectivity index (χ1n) is 9.77. The van der Waals surface area contributed by atoms with Gasteiger partial charge in [-0.3, -0.25) is 14.6 Å². The van der Waals surface area contributed by atoms with Gasteiger partial charge >= 0.3 is 0 Å². The number of carbonyl (C=O) groups excluding carboxylic acids is 2. The Hall–Kier alpha value is -3.48. The molecule has 0 saturated carbocycles. The maximum Gasteiger partial charge on any atom is 0.227 e. The predicted molar refractivity (Wildman–Crippen MR) is 109 cm³/mol. The van der Waals surface area contributed by atoms with Gasteiger partial charge in [0.1, 0.15) is 0 Å². The number of nitrogens with one attached hydrogen (secondary N) is 1. The third-order valence-corrected chi connectivity index (χ3v) is 5.23. The smallest absolute Gasteiger partial charge is 0.227 e. The molecule has 148 valence electrons. The molecule has 4 rings (SSSR count). The van der Waals surface area contributed by atoms with E-state index in [0.29, 0.717) is 32.4 Å². The maximum absolute atomic E-state index is 12.6. The lowest BCUT2D eigenvalue weighted by Gasteiger charge is -2.31. The Kier molecular flexibility index (Phi) is 5.65. The van der Waals surface area contributed by atoms with Gasteiger partial charge in [-0.05, 0) is 48.7 Å². The van der Waals surface area contributed by atoms with E-state index in [-0.39, 0.29) is 17.7 Å². The molecule has 1 fully saturated rings. The second kappa shape index (κ2) is 8.68. The first-order valence-corrected chi connectivity index (χ1v) is 9.77. The number of hydrogen-bond donors (Lipinski definition) is 1. The SMILES string of the molecule is O=C(Nc1ccncc1)C1CCN(C(=O)Cc2ccc(-n3cccn3)cc2)CC1. The molecule has 1 aromatic carbocycles. The van der Waals surface area contributed by atoms with Crippen LogP contribution >= 0.6 is 0 Å². The number of benzene rings is 1. The van der Waals surface area contributed by atoms with Crippen LogP contribution in [0.15, 0.2) is 67.3 Å². The van der Waals surface area contributed by atoms with Crippen LogP contribution in [0, 0.1) is 5.92 Å². The van der Waals surface area contributed by atoms with E-state index in [9.17, 15) is 9.59 Å². The molecule has 0 bridgehead atoms. The first kappa shape index (κ1) is 18.9. The summed E-state index contributed by atoms with van der Waals surface area (Å²) in [7, 11) is 0. The highest BCUT2D eigenvalue weighted by Gasteiger charge is 2.27. The lowest BCUT2D eigenvalue weighted by molar-refractivity contribution is -0.133. The van der Waals surface area contributed by atoms with Gasteiger partial charge in [0.2, 0.25) is 11.8 Å². The molecule has 0 atom stereocenters. The number of aromatic nitrogens is 3. The van der Waals surface area contributed by atoms with Crippen LogP contribution in [0.3, 0.4) is 0 Å². The van der Waals surface area contributed by atoms with Crippen LogP contribution in [0.5, 0.6) is 0 Å². The summed E-state index contributed by atoms with van der Waals surface area (Å²) in [5.41, 5.74) is 2.69. The number of piperidine rings is 1. The Morgan fingerprint density at radius 2 is 1.72 bits per heavy atom. The first-order chi connectivity index (χ1) is 14.2. The highest BCUT2D eigenvalue weighted by atomic mass is 16.2. The van der Waals surface area contributed by atoms with Crippen molar-refractivity contribution in [3.05, 3.63) is 72.8 Å². The van der Waals surface area contributed by atoms with Crippen molar-refractivity contribution in [2.24, 2.45) is 5.92 Å². The summed E-state index contributed by atoms with van der Waals surface area (Å²) in [5.74, 6) is 0.0444. The van der Waals surface area contributed by atoms with Crippen molar-refractivity contribution in [1.29, 1.82) is 0 Å². The van der Waals surface area contributed by atoms with Crippen LogP contribution in [0.1, 0.15) is 18.4 Å². The average molecular weight is 389 g/mol. The molecule has 3 heterocycles. The van der Waals surface area contributed by atoms with E-state index >= 15 is 0 Å². The molecule has 0 radical (unpaired) electrons. The molecule has 7 heteroatoms. The van der Waals surface area contributed by atoms with Gasteiger partial charge in [0, 0.05) is 49.5 Å². The van der Waals surface area contributed by atoms with E-state index in [0.717, 1.165) is 16.9 Å². The monoisotopic (exact) mass is 389 g/mol. The third-order valence-electron chi connectivity index (χ3n) is 5.23. The van der Waals surface area contributed by atoms with Crippen LogP contribution in [-0.2, 0) is 16.0 Å². The van der Waals surface area contributed by atoms with Gasteiger partial charge < -0.3 is 10.2 Å². The van der Waals surface area contributed by atoms with Crippen LogP contribution in [-0.4, -0.2) is 44.6 Å². The minimum absolute atomic E-state index is 0.0116. The predicted octanol–water partition coefficient (Wildman–Crippen LogP) is 2.69. The van der Waals surface area contributed by atoms with Crippen molar-refractivity contribution in [3.8, 4) is 5.69 Å². The van der Waals surface area contributed by atoms with Crippen molar-refractivity contribution in [1.82, 2.24) is 19.7 Å². The topological polar surface area (TPSA) is 80.1 Å². The number of rotatable bonds is 5. The fourth-order valence-corrected chi connectivity index (χ4v) is 3.55. The zero-order valence-corrected chi connectivity index (χ0v) is 16.1. The number of anilines is 1. The highest BCUT2D eigenvalue weighted by Crippen LogP contribution is 2.20. The van der Waals surface area contributed by atoms with Gasteiger partial charge in [-0.15, -0.1) is 0 Å². The Labute approximate surface area is 169 Å². The van der Waals surface area contributed by atoms with Crippen LogP contribution in [0.25, 0.3) is 5.69 Å². The molecule has 1 aliphatic rings. The lowest BCUT2D eigenvalue weighted by atomic mass is 9.95. The molecule has 7 nitrogen and oxygen atoms in total. The van der Waals surface area contributed by atoms with Gasteiger partial charge in [0.15, 0.2) is 0 Å². The summed E-state index contributed by atoms with van der Waals surface area (Å²) in [5, 5.41) is 7.13. The largest absolute Gasteiger partial charge is 0.342 e. The third kappa shape index (κ3) is 4.68. The highest BCUT2D eigenvalue weighted by molar-refractivity contribution is 5.92. The zero-order chi connectivity index (χ0) is 20.1. The van der Waals surface area contributed by atoms with Crippen molar-refractivity contribution in [3.63, 3.8) is 0 Å². The van der Waals surface area contributed by atoms with Crippen molar-refractivity contribution >= 4 is 17.5 Å². The molecule has 0 spiro atoms. The van der Waals surface area contributed by atoms with E-state index < -0.39 is 0 Å². The molecular formula is C22H23N5O2. The summed E-state index contributed by atoms with van der Waals surface area (Å²) in [6.07, 6.45) is 8.65. The van der Waals surface area contributed by atoms with E-state index in [1.807, 2.05) is 41.4 Å². The fourth-order valence-electron chi connectivity index (χ4n) is 3.55. The molecule has 3 aromatic rings. The zero-order valence-electron chi connectivity index (χ0n) is 16.1. The summed E-state index contributed by atoms with van der Waals surface area (Å²) < 4.78 is 1.79. The van der Waals surface area contributed by atoms with Gasteiger partial charge in [-0.25, -0.2) is 4.68 Å². The normalized spacial score (nSPS) is 14.6. The molecule has 0 aliphatic carbocycles. The maximum atomic E-state index is 12.6. The average Bonchev–Trinajstić information content (AvgIpc) is 3.30. The van der Waals surface area contributed by atoms with Crippen molar-refractivity contribution in [2.45, 2.75) is 19.3 Å². The van der Waals surface area contributed by atoms with Gasteiger partial charge in [-0.2, -0.15) is 5.10 Å². The van der Waals surface area contributed by atoms with E-state index in [2.05, 4.69) is 15.4 Å². The van der Waals surface area contributed by atoms with Crippen molar-refractivity contribution < 1.29 is 9.59 Å². The molecule has 1 N–H and O–H groups in total. The Morgan fingerprint density at radius 1 is 1.00 bits per heavy atom. The summed E-state index contributed by atoms with van der Waals surface area (Å²) in [4.78, 5) is 30.9. The summed E-state index contributed by atoms with van der Waals surface area (Å²) in [6.45, 7) is 1.22.